The van der Waals surface area contributed by atoms with Gasteiger partial charge in [0.2, 0.25) is 0 Å². The molecule has 0 amide bonds. The molecule has 0 saturated heterocycles. The molecule has 0 aromatic heterocycles. The highest BCUT2D eigenvalue weighted by Gasteiger charge is 2.36. The summed E-state index contributed by atoms with van der Waals surface area (Å²) in [6, 6.07) is 7.20. The molecule has 2 N–H and O–H groups in total. The predicted molar refractivity (Wildman–Crippen MR) is 88.7 cm³/mol. The Morgan fingerprint density at radius 1 is 1.17 bits per heavy atom. The zero-order chi connectivity index (χ0) is 17.1. The maximum atomic E-state index is 11.6. The minimum absolute atomic E-state index is 0.184. The fraction of sp³-hybridized carbons (Fsp3) is 0.588. The van der Waals surface area contributed by atoms with E-state index in [2.05, 4.69) is 0 Å². The summed E-state index contributed by atoms with van der Waals surface area (Å²) in [6.07, 6.45) is 3.46. The highest BCUT2D eigenvalue weighted by molar-refractivity contribution is 6.30. The summed E-state index contributed by atoms with van der Waals surface area (Å²) in [6.45, 7) is 1.83. The van der Waals surface area contributed by atoms with Crippen LogP contribution in [0, 0.1) is 0 Å². The molecule has 1 atom stereocenters. The number of hydrogen-bond acceptors (Lipinski definition) is 5. The molecule has 0 radical (unpaired) electrons. The summed E-state index contributed by atoms with van der Waals surface area (Å²) >= 11 is 5.79. The van der Waals surface area contributed by atoms with E-state index < -0.39 is 18.2 Å². The van der Waals surface area contributed by atoms with E-state index in [1.165, 1.54) is 0 Å². The second-order valence-electron chi connectivity index (χ2n) is 5.38. The Hall–Kier alpha value is -1.30. The van der Waals surface area contributed by atoms with Gasteiger partial charge in [0.15, 0.2) is 5.60 Å². The maximum absolute atomic E-state index is 11.6. The first kappa shape index (κ1) is 19.7. The number of benzene rings is 1. The maximum Gasteiger partial charge on any atom is 0.340 e. The molecule has 0 saturated carbocycles. The van der Waals surface area contributed by atoms with Crippen LogP contribution >= 0.6 is 11.6 Å². The van der Waals surface area contributed by atoms with E-state index in [1.807, 2.05) is 12.1 Å². The van der Waals surface area contributed by atoms with Crippen LogP contribution < -0.4 is 4.74 Å². The van der Waals surface area contributed by atoms with E-state index in [-0.39, 0.29) is 13.0 Å². The van der Waals surface area contributed by atoms with Gasteiger partial charge in [-0.3, -0.25) is 0 Å². The minimum Gasteiger partial charge on any atom is -0.494 e. The summed E-state index contributed by atoms with van der Waals surface area (Å²) in [4.78, 5) is 11.6. The first-order valence-corrected chi connectivity index (χ1v) is 8.28. The van der Waals surface area contributed by atoms with Crippen LogP contribution in [0.25, 0.3) is 0 Å². The van der Waals surface area contributed by atoms with Crippen LogP contribution in [0.2, 0.25) is 5.02 Å². The second-order valence-corrected chi connectivity index (χ2v) is 5.81. The highest BCUT2D eigenvalue weighted by atomic mass is 35.5. The lowest BCUT2D eigenvalue weighted by atomic mass is 9.97. The predicted octanol–water partition coefficient (Wildman–Crippen LogP) is 2.96. The van der Waals surface area contributed by atoms with Crippen molar-refractivity contribution in [3.8, 4) is 5.75 Å². The van der Waals surface area contributed by atoms with Crippen molar-refractivity contribution >= 4 is 17.6 Å². The van der Waals surface area contributed by atoms with E-state index >= 15 is 0 Å². The molecule has 0 spiro atoms. The van der Waals surface area contributed by atoms with Gasteiger partial charge in [-0.1, -0.05) is 24.4 Å². The number of hydrogen-bond donors (Lipinski definition) is 2. The quantitative estimate of drug-likeness (QED) is 0.477. The second kappa shape index (κ2) is 10.5. The van der Waals surface area contributed by atoms with Crippen LogP contribution in [0.1, 0.15) is 39.0 Å². The molecule has 0 aliphatic heterocycles. The molecule has 6 heteroatoms. The van der Waals surface area contributed by atoms with Gasteiger partial charge in [0.1, 0.15) is 5.75 Å². The van der Waals surface area contributed by atoms with Crippen molar-refractivity contribution in [2.24, 2.45) is 0 Å². The minimum atomic E-state index is -1.78. The van der Waals surface area contributed by atoms with Crippen molar-refractivity contribution < 1.29 is 24.5 Å². The lowest BCUT2D eigenvalue weighted by molar-refractivity contribution is -0.170. The normalized spacial score (nSPS) is 13.4. The van der Waals surface area contributed by atoms with Gasteiger partial charge in [0, 0.05) is 5.02 Å². The molecule has 130 valence electrons. The van der Waals surface area contributed by atoms with Crippen LogP contribution in [0.3, 0.4) is 0 Å². The Labute approximate surface area is 142 Å². The van der Waals surface area contributed by atoms with Gasteiger partial charge in [-0.05, 0) is 50.5 Å². The van der Waals surface area contributed by atoms with Crippen LogP contribution in [0.4, 0.5) is 0 Å². The molecular weight excluding hydrogens is 320 g/mol. The van der Waals surface area contributed by atoms with Gasteiger partial charge < -0.3 is 19.7 Å². The van der Waals surface area contributed by atoms with Crippen LogP contribution in [0.15, 0.2) is 24.3 Å². The molecule has 0 heterocycles. The van der Waals surface area contributed by atoms with Crippen LogP contribution in [-0.4, -0.2) is 41.6 Å². The third-order valence-electron chi connectivity index (χ3n) is 3.48. The van der Waals surface area contributed by atoms with E-state index in [0.29, 0.717) is 18.1 Å². The number of aliphatic hydroxyl groups excluding tert-OH is 1. The number of ether oxygens (including phenoxy) is 2. The molecule has 0 aliphatic carbocycles. The highest BCUT2D eigenvalue weighted by Crippen LogP contribution is 2.18. The zero-order valence-electron chi connectivity index (χ0n) is 13.5. The Bertz CT molecular complexity index is 463. The first-order chi connectivity index (χ1) is 11.0. The lowest BCUT2D eigenvalue weighted by Gasteiger charge is -2.23. The number of rotatable bonds is 11. The lowest BCUT2D eigenvalue weighted by Crippen LogP contribution is -2.43. The molecule has 1 aromatic rings. The third kappa shape index (κ3) is 7.20. The van der Waals surface area contributed by atoms with Gasteiger partial charge in [-0.2, -0.15) is 0 Å². The average Bonchev–Trinajstić information content (AvgIpc) is 2.55. The van der Waals surface area contributed by atoms with E-state index in [9.17, 15) is 15.0 Å². The molecule has 0 aliphatic rings. The first-order valence-electron chi connectivity index (χ1n) is 7.90. The largest absolute Gasteiger partial charge is 0.494 e. The molecule has 0 fully saturated rings. The number of carbonyl (C=O) groups is 1. The standard InChI is InChI=1S/C17H25ClO5/c1-2-22-16(20)17(21,13-19)11-5-3-4-6-12-23-15-9-7-14(18)8-10-15/h7-10,19,21H,2-6,11-13H2,1H3. The number of esters is 1. The molecule has 1 aromatic carbocycles. The smallest absolute Gasteiger partial charge is 0.340 e. The van der Waals surface area contributed by atoms with Crippen molar-refractivity contribution in [3.63, 3.8) is 0 Å². The molecular formula is C17H25ClO5. The van der Waals surface area contributed by atoms with E-state index in [1.54, 1.807) is 19.1 Å². The number of aliphatic hydroxyl groups is 2. The van der Waals surface area contributed by atoms with Crippen molar-refractivity contribution in [1.29, 1.82) is 0 Å². The molecule has 0 bridgehead atoms. The number of carbonyl (C=O) groups excluding carboxylic acids is 1. The Balaban J connectivity index is 2.14. The van der Waals surface area contributed by atoms with Gasteiger partial charge in [-0.25, -0.2) is 4.79 Å². The third-order valence-corrected chi connectivity index (χ3v) is 3.74. The van der Waals surface area contributed by atoms with Gasteiger partial charge in [0.05, 0.1) is 19.8 Å². The van der Waals surface area contributed by atoms with Crippen molar-refractivity contribution in [2.45, 2.75) is 44.6 Å². The fourth-order valence-electron chi connectivity index (χ4n) is 2.11. The SMILES string of the molecule is CCOC(=O)C(O)(CO)CCCCCCOc1ccc(Cl)cc1. The number of unbranched alkanes of at least 4 members (excludes halogenated alkanes) is 3. The summed E-state index contributed by atoms with van der Waals surface area (Å²) in [5, 5.41) is 19.9. The fourth-order valence-corrected chi connectivity index (χ4v) is 2.23. The Morgan fingerprint density at radius 3 is 2.43 bits per heavy atom. The summed E-state index contributed by atoms with van der Waals surface area (Å²) in [5.41, 5.74) is -1.78. The monoisotopic (exact) mass is 344 g/mol. The van der Waals surface area contributed by atoms with Crippen molar-refractivity contribution in [3.05, 3.63) is 29.3 Å². The Kier molecular flexibility index (Phi) is 8.99. The number of halogens is 1. The topological polar surface area (TPSA) is 76.0 Å². The Morgan fingerprint density at radius 2 is 1.83 bits per heavy atom. The van der Waals surface area contributed by atoms with Crippen molar-refractivity contribution in [1.82, 2.24) is 0 Å². The molecule has 5 nitrogen and oxygen atoms in total. The summed E-state index contributed by atoms with van der Waals surface area (Å²) in [5.74, 6) is 0.0277. The van der Waals surface area contributed by atoms with E-state index in [0.717, 1.165) is 25.0 Å². The van der Waals surface area contributed by atoms with Gasteiger partial charge in [-0.15, -0.1) is 0 Å². The van der Waals surface area contributed by atoms with Crippen LogP contribution in [-0.2, 0) is 9.53 Å². The molecule has 1 unspecified atom stereocenters. The zero-order valence-corrected chi connectivity index (χ0v) is 14.2. The molecule has 1 rings (SSSR count). The van der Waals surface area contributed by atoms with Gasteiger partial charge in [0.25, 0.3) is 0 Å². The van der Waals surface area contributed by atoms with Gasteiger partial charge >= 0.3 is 5.97 Å². The van der Waals surface area contributed by atoms with Crippen LogP contribution in [0.5, 0.6) is 5.75 Å². The van der Waals surface area contributed by atoms with Crippen molar-refractivity contribution in [2.75, 3.05) is 19.8 Å². The molecule has 23 heavy (non-hydrogen) atoms. The average molecular weight is 345 g/mol. The summed E-state index contributed by atoms with van der Waals surface area (Å²) < 4.78 is 10.4. The van der Waals surface area contributed by atoms with E-state index in [4.69, 9.17) is 21.1 Å². The summed E-state index contributed by atoms with van der Waals surface area (Å²) in [7, 11) is 0.